The highest BCUT2D eigenvalue weighted by atomic mass is 15.1. The van der Waals surface area contributed by atoms with Gasteiger partial charge in [0.1, 0.15) is 5.82 Å². The first kappa shape index (κ1) is 8.35. The lowest BCUT2D eigenvalue weighted by Gasteiger charge is -2.11. The van der Waals surface area contributed by atoms with Gasteiger partial charge in [0, 0.05) is 20.1 Å². The molecule has 0 aromatic carbocycles. The van der Waals surface area contributed by atoms with Crippen molar-refractivity contribution in [2.75, 3.05) is 24.3 Å². The summed E-state index contributed by atoms with van der Waals surface area (Å²) >= 11 is 0. The van der Waals surface area contributed by atoms with E-state index in [0.717, 1.165) is 11.5 Å². The molecule has 1 N–H and O–H groups in total. The molecular weight excluding hydrogens is 162 g/mol. The van der Waals surface area contributed by atoms with E-state index in [1.54, 1.807) is 0 Å². The molecule has 1 aliphatic carbocycles. The Balaban J connectivity index is 2.04. The van der Waals surface area contributed by atoms with E-state index in [1.807, 2.05) is 31.3 Å². The molecule has 1 aromatic heterocycles. The van der Waals surface area contributed by atoms with E-state index in [4.69, 9.17) is 0 Å². The second-order valence-electron chi connectivity index (χ2n) is 3.72. The predicted octanol–water partition coefficient (Wildman–Crippen LogP) is 1.72. The third-order valence-corrected chi connectivity index (χ3v) is 2.15. The maximum absolute atomic E-state index is 4.32. The van der Waals surface area contributed by atoms with Crippen LogP contribution >= 0.6 is 0 Å². The monoisotopic (exact) mass is 177 g/mol. The van der Waals surface area contributed by atoms with Crippen molar-refractivity contribution in [3.63, 3.8) is 0 Å². The second kappa shape index (κ2) is 3.24. The van der Waals surface area contributed by atoms with Crippen LogP contribution in [0.25, 0.3) is 0 Å². The number of aromatic nitrogens is 1. The molecule has 0 unspecified atom stereocenters. The van der Waals surface area contributed by atoms with E-state index < -0.39 is 0 Å². The van der Waals surface area contributed by atoms with Gasteiger partial charge in [-0.25, -0.2) is 4.98 Å². The molecule has 13 heavy (non-hydrogen) atoms. The number of pyridine rings is 1. The van der Waals surface area contributed by atoms with E-state index in [-0.39, 0.29) is 0 Å². The Labute approximate surface area is 78.8 Å². The average molecular weight is 177 g/mol. The van der Waals surface area contributed by atoms with Gasteiger partial charge in [-0.05, 0) is 25.0 Å². The number of nitrogens with zero attached hydrogens (tertiary/aromatic N) is 2. The van der Waals surface area contributed by atoms with Gasteiger partial charge in [-0.15, -0.1) is 0 Å². The minimum atomic E-state index is 0.701. The minimum Gasteiger partial charge on any atom is -0.381 e. The van der Waals surface area contributed by atoms with Gasteiger partial charge in [0.05, 0.1) is 11.9 Å². The van der Waals surface area contributed by atoms with Gasteiger partial charge >= 0.3 is 0 Å². The molecule has 0 aliphatic heterocycles. The number of nitrogens with one attached hydrogen (secondary N) is 1. The molecule has 0 spiro atoms. The highest BCUT2D eigenvalue weighted by Crippen LogP contribution is 2.24. The largest absolute Gasteiger partial charge is 0.381 e. The Bertz CT molecular complexity index is 275. The molecule has 70 valence electrons. The summed E-state index contributed by atoms with van der Waals surface area (Å²) in [6.07, 6.45) is 4.50. The highest BCUT2D eigenvalue weighted by Gasteiger charge is 2.20. The second-order valence-corrected chi connectivity index (χ2v) is 3.72. The number of rotatable bonds is 3. The van der Waals surface area contributed by atoms with Crippen molar-refractivity contribution in [1.29, 1.82) is 0 Å². The SMILES string of the molecule is CN(C)c1ccc(NC2CC2)cn1. The van der Waals surface area contributed by atoms with Crippen molar-refractivity contribution in [2.45, 2.75) is 18.9 Å². The van der Waals surface area contributed by atoms with E-state index in [9.17, 15) is 0 Å². The van der Waals surface area contributed by atoms with Crippen molar-refractivity contribution in [3.8, 4) is 0 Å². The fraction of sp³-hybridized carbons (Fsp3) is 0.500. The summed E-state index contributed by atoms with van der Waals surface area (Å²) in [6, 6.07) is 4.82. The summed E-state index contributed by atoms with van der Waals surface area (Å²) in [5.74, 6) is 1.00. The van der Waals surface area contributed by atoms with Crippen molar-refractivity contribution in [2.24, 2.45) is 0 Å². The molecule has 0 saturated heterocycles. The summed E-state index contributed by atoms with van der Waals surface area (Å²) in [6.45, 7) is 0. The molecule has 1 heterocycles. The fourth-order valence-corrected chi connectivity index (χ4v) is 1.20. The van der Waals surface area contributed by atoms with Crippen LogP contribution in [0.4, 0.5) is 11.5 Å². The van der Waals surface area contributed by atoms with Crippen LogP contribution in [0.15, 0.2) is 18.3 Å². The highest BCUT2D eigenvalue weighted by molar-refractivity contribution is 5.48. The topological polar surface area (TPSA) is 28.2 Å². The van der Waals surface area contributed by atoms with Gasteiger partial charge in [-0.3, -0.25) is 0 Å². The van der Waals surface area contributed by atoms with Gasteiger partial charge in [0.15, 0.2) is 0 Å². The summed E-state index contributed by atoms with van der Waals surface area (Å²) in [5.41, 5.74) is 1.13. The molecule has 0 radical (unpaired) electrons. The first-order chi connectivity index (χ1) is 6.25. The lowest BCUT2D eigenvalue weighted by Crippen LogP contribution is -2.10. The molecule has 0 bridgehead atoms. The zero-order chi connectivity index (χ0) is 9.26. The lowest BCUT2D eigenvalue weighted by molar-refractivity contribution is 1.06. The summed E-state index contributed by atoms with van der Waals surface area (Å²) in [7, 11) is 3.99. The van der Waals surface area contributed by atoms with Gasteiger partial charge in [-0.2, -0.15) is 0 Å². The van der Waals surface area contributed by atoms with Crippen molar-refractivity contribution in [3.05, 3.63) is 18.3 Å². The van der Waals surface area contributed by atoms with Gasteiger partial charge in [-0.1, -0.05) is 0 Å². The molecule has 0 amide bonds. The Hall–Kier alpha value is -1.25. The number of hydrogen-bond donors (Lipinski definition) is 1. The maximum Gasteiger partial charge on any atom is 0.128 e. The summed E-state index contributed by atoms with van der Waals surface area (Å²) < 4.78 is 0. The van der Waals surface area contributed by atoms with E-state index in [2.05, 4.69) is 16.4 Å². The molecule has 0 atom stereocenters. The quantitative estimate of drug-likeness (QED) is 0.762. The van der Waals surface area contributed by atoms with E-state index in [0.29, 0.717) is 6.04 Å². The van der Waals surface area contributed by atoms with Crippen molar-refractivity contribution >= 4 is 11.5 Å². The zero-order valence-electron chi connectivity index (χ0n) is 8.12. The molecular formula is C10H15N3. The van der Waals surface area contributed by atoms with Crippen LogP contribution < -0.4 is 10.2 Å². The van der Waals surface area contributed by atoms with Crippen LogP contribution in [-0.4, -0.2) is 25.1 Å². The normalized spacial score (nSPS) is 15.5. The fourth-order valence-electron chi connectivity index (χ4n) is 1.20. The minimum absolute atomic E-state index is 0.701. The van der Waals surface area contributed by atoms with Crippen LogP contribution in [0, 0.1) is 0 Å². The lowest BCUT2D eigenvalue weighted by atomic mass is 10.4. The molecule has 3 nitrogen and oxygen atoms in total. The predicted molar refractivity (Wildman–Crippen MR) is 55.2 cm³/mol. The van der Waals surface area contributed by atoms with Crippen LogP contribution in [-0.2, 0) is 0 Å². The smallest absolute Gasteiger partial charge is 0.128 e. The standard InChI is InChI=1S/C10H15N3/c1-13(2)10-6-5-9(7-11-10)12-8-3-4-8/h5-8,12H,3-4H2,1-2H3. The molecule has 1 fully saturated rings. The van der Waals surface area contributed by atoms with Crippen LogP contribution in [0.1, 0.15) is 12.8 Å². The summed E-state index contributed by atoms with van der Waals surface area (Å²) in [5, 5.41) is 3.40. The first-order valence-corrected chi connectivity index (χ1v) is 4.65. The van der Waals surface area contributed by atoms with Crippen LogP contribution in [0.5, 0.6) is 0 Å². The zero-order valence-corrected chi connectivity index (χ0v) is 8.12. The number of hydrogen-bond acceptors (Lipinski definition) is 3. The molecule has 1 saturated carbocycles. The van der Waals surface area contributed by atoms with Crippen LogP contribution in [0.3, 0.4) is 0 Å². The molecule has 1 aliphatic rings. The molecule has 3 heteroatoms. The average Bonchev–Trinajstić information content (AvgIpc) is 2.89. The third kappa shape index (κ3) is 2.11. The van der Waals surface area contributed by atoms with Gasteiger partial charge < -0.3 is 10.2 Å². The Morgan fingerprint density at radius 3 is 2.62 bits per heavy atom. The molecule has 2 rings (SSSR count). The van der Waals surface area contributed by atoms with E-state index >= 15 is 0 Å². The van der Waals surface area contributed by atoms with Gasteiger partial charge in [0.25, 0.3) is 0 Å². The van der Waals surface area contributed by atoms with Gasteiger partial charge in [0.2, 0.25) is 0 Å². The van der Waals surface area contributed by atoms with Crippen LogP contribution in [0.2, 0.25) is 0 Å². The van der Waals surface area contributed by atoms with Crippen molar-refractivity contribution < 1.29 is 0 Å². The van der Waals surface area contributed by atoms with E-state index in [1.165, 1.54) is 12.8 Å². The molecule has 1 aromatic rings. The number of anilines is 2. The Morgan fingerprint density at radius 1 is 1.38 bits per heavy atom. The summed E-state index contributed by atoms with van der Waals surface area (Å²) in [4.78, 5) is 6.32. The Morgan fingerprint density at radius 2 is 2.15 bits per heavy atom. The van der Waals surface area contributed by atoms with Crippen molar-refractivity contribution in [1.82, 2.24) is 4.98 Å². The Kier molecular flexibility index (Phi) is 2.08. The first-order valence-electron chi connectivity index (χ1n) is 4.65. The third-order valence-electron chi connectivity index (χ3n) is 2.15. The maximum atomic E-state index is 4.32.